The Morgan fingerprint density at radius 1 is 1.15 bits per heavy atom. The normalized spacial score (nSPS) is 12.0. The standard InChI is InChI=1S/C20H17N5O2/c1-13(15-8-7-14-5-2-3-6-16(14)11-15)23-18(26)17-12-21-20(24-19(17)27)25-10-4-9-22-25/h2-13H,1H3,(H,23,26)(H,21,24,27)/t13-/m0/s1. The zero-order valence-electron chi connectivity index (χ0n) is 14.6. The summed E-state index contributed by atoms with van der Waals surface area (Å²) < 4.78 is 1.40. The van der Waals surface area contributed by atoms with Crippen LogP contribution in [0, 0.1) is 0 Å². The third-order valence-corrected chi connectivity index (χ3v) is 4.33. The van der Waals surface area contributed by atoms with E-state index < -0.39 is 11.8 Å². The lowest BCUT2D eigenvalue weighted by molar-refractivity contribution is 0.0936. The number of aromatic nitrogens is 4. The first-order valence-corrected chi connectivity index (χ1v) is 8.47. The number of aromatic hydroxyl groups is 1. The van der Waals surface area contributed by atoms with Gasteiger partial charge in [-0.15, -0.1) is 0 Å². The van der Waals surface area contributed by atoms with Crippen LogP contribution in [0.1, 0.15) is 28.9 Å². The van der Waals surface area contributed by atoms with E-state index in [1.807, 2.05) is 49.4 Å². The Balaban J connectivity index is 1.54. The van der Waals surface area contributed by atoms with Crippen molar-refractivity contribution in [3.05, 3.63) is 78.2 Å². The lowest BCUT2D eigenvalue weighted by atomic mass is 10.0. The third kappa shape index (κ3) is 3.35. The minimum absolute atomic E-state index is 0.0125. The Hall–Kier alpha value is -3.74. The molecule has 2 N–H and O–H groups in total. The fourth-order valence-electron chi connectivity index (χ4n) is 2.86. The van der Waals surface area contributed by atoms with Gasteiger partial charge >= 0.3 is 0 Å². The Morgan fingerprint density at radius 3 is 2.70 bits per heavy atom. The van der Waals surface area contributed by atoms with Gasteiger partial charge in [-0.05, 0) is 35.4 Å². The first-order valence-electron chi connectivity index (χ1n) is 8.47. The average molecular weight is 359 g/mol. The molecule has 2 aromatic carbocycles. The first kappa shape index (κ1) is 16.7. The molecule has 0 aliphatic carbocycles. The van der Waals surface area contributed by atoms with Crippen molar-refractivity contribution in [1.82, 2.24) is 25.1 Å². The average Bonchev–Trinajstić information content (AvgIpc) is 3.22. The number of fused-ring (bicyclic) bond motifs is 1. The first-order chi connectivity index (χ1) is 13.1. The van der Waals surface area contributed by atoms with Gasteiger partial charge < -0.3 is 10.4 Å². The largest absolute Gasteiger partial charge is 0.493 e. The molecular weight excluding hydrogens is 342 g/mol. The van der Waals surface area contributed by atoms with Crippen molar-refractivity contribution in [2.75, 3.05) is 0 Å². The fourth-order valence-corrected chi connectivity index (χ4v) is 2.86. The van der Waals surface area contributed by atoms with Gasteiger partial charge in [-0.3, -0.25) is 4.79 Å². The van der Waals surface area contributed by atoms with Gasteiger partial charge in [0.1, 0.15) is 5.56 Å². The lowest BCUT2D eigenvalue weighted by Gasteiger charge is -2.15. The number of rotatable bonds is 4. The van der Waals surface area contributed by atoms with E-state index in [9.17, 15) is 9.90 Å². The second-order valence-corrected chi connectivity index (χ2v) is 6.16. The van der Waals surface area contributed by atoms with Gasteiger partial charge in [0.25, 0.3) is 11.9 Å². The second kappa shape index (κ2) is 6.87. The molecule has 0 bridgehead atoms. The van der Waals surface area contributed by atoms with Crippen LogP contribution in [0.25, 0.3) is 16.7 Å². The van der Waals surface area contributed by atoms with Gasteiger partial charge in [0.2, 0.25) is 5.88 Å². The van der Waals surface area contributed by atoms with E-state index in [-0.39, 0.29) is 17.6 Å². The second-order valence-electron chi connectivity index (χ2n) is 6.16. The minimum atomic E-state index is -0.444. The van der Waals surface area contributed by atoms with Crippen LogP contribution in [-0.4, -0.2) is 30.8 Å². The van der Waals surface area contributed by atoms with Gasteiger partial charge in [-0.2, -0.15) is 10.1 Å². The van der Waals surface area contributed by atoms with Crippen molar-refractivity contribution in [3.63, 3.8) is 0 Å². The Bertz CT molecular complexity index is 1110. The number of amides is 1. The summed E-state index contributed by atoms with van der Waals surface area (Å²) in [7, 11) is 0. The quantitative estimate of drug-likeness (QED) is 0.584. The summed E-state index contributed by atoms with van der Waals surface area (Å²) in [6.07, 6.45) is 4.52. The highest BCUT2D eigenvalue weighted by atomic mass is 16.3. The molecule has 7 heteroatoms. The predicted molar refractivity (Wildman–Crippen MR) is 101 cm³/mol. The Kier molecular flexibility index (Phi) is 4.25. The summed E-state index contributed by atoms with van der Waals surface area (Å²) in [5.74, 6) is -0.643. The molecule has 0 saturated heterocycles. The number of nitrogens with one attached hydrogen (secondary N) is 1. The van der Waals surface area contributed by atoms with Crippen molar-refractivity contribution >= 4 is 16.7 Å². The van der Waals surface area contributed by atoms with Crippen molar-refractivity contribution < 1.29 is 9.90 Å². The van der Waals surface area contributed by atoms with Gasteiger partial charge in [-0.1, -0.05) is 36.4 Å². The molecule has 2 aromatic heterocycles. The Labute approximate surface area is 155 Å². The maximum atomic E-state index is 12.5. The summed E-state index contributed by atoms with van der Waals surface area (Å²) >= 11 is 0. The summed E-state index contributed by atoms with van der Waals surface area (Å²) in [6.45, 7) is 1.89. The van der Waals surface area contributed by atoms with Crippen LogP contribution in [-0.2, 0) is 0 Å². The molecule has 134 valence electrons. The molecule has 1 amide bonds. The molecule has 0 fully saturated rings. The molecule has 4 rings (SSSR count). The zero-order valence-corrected chi connectivity index (χ0v) is 14.6. The van der Waals surface area contributed by atoms with Crippen molar-refractivity contribution in [2.45, 2.75) is 13.0 Å². The van der Waals surface area contributed by atoms with Crippen LogP contribution in [0.15, 0.2) is 67.1 Å². The van der Waals surface area contributed by atoms with Crippen molar-refractivity contribution in [3.8, 4) is 11.8 Å². The van der Waals surface area contributed by atoms with Gasteiger partial charge in [-0.25, -0.2) is 9.67 Å². The topological polar surface area (TPSA) is 92.9 Å². The predicted octanol–water partition coefficient (Wildman–Crippen LogP) is 3.01. The van der Waals surface area contributed by atoms with Crippen LogP contribution in [0.5, 0.6) is 5.88 Å². The zero-order chi connectivity index (χ0) is 18.8. The third-order valence-electron chi connectivity index (χ3n) is 4.33. The van der Waals surface area contributed by atoms with E-state index in [1.165, 1.54) is 10.9 Å². The number of hydrogen-bond donors (Lipinski definition) is 2. The number of carbonyl (C=O) groups is 1. The highest BCUT2D eigenvalue weighted by Crippen LogP contribution is 2.21. The minimum Gasteiger partial charge on any atom is -0.493 e. The molecule has 0 aliphatic heterocycles. The number of carbonyl (C=O) groups excluding carboxylic acids is 1. The van der Waals surface area contributed by atoms with Crippen LogP contribution < -0.4 is 5.32 Å². The fraction of sp³-hybridized carbons (Fsp3) is 0.100. The van der Waals surface area contributed by atoms with E-state index in [1.54, 1.807) is 18.5 Å². The van der Waals surface area contributed by atoms with Crippen LogP contribution in [0.3, 0.4) is 0 Å². The van der Waals surface area contributed by atoms with Crippen LogP contribution >= 0.6 is 0 Å². The molecule has 7 nitrogen and oxygen atoms in total. The van der Waals surface area contributed by atoms with Gasteiger partial charge in [0.05, 0.1) is 6.04 Å². The van der Waals surface area contributed by atoms with E-state index in [0.29, 0.717) is 0 Å². The molecular formula is C20H17N5O2. The summed E-state index contributed by atoms with van der Waals surface area (Å²) in [4.78, 5) is 20.6. The molecule has 0 radical (unpaired) electrons. The Morgan fingerprint density at radius 2 is 1.96 bits per heavy atom. The number of nitrogens with zero attached hydrogens (tertiary/aromatic N) is 4. The number of benzene rings is 2. The lowest BCUT2D eigenvalue weighted by Crippen LogP contribution is -2.27. The van der Waals surface area contributed by atoms with Gasteiger partial charge in [0.15, 0.2) is 0 Å². The SMILES string of the molecule is C[C@H](NC(=O)c1cnc(-n2cccn2)nc1O)c1ccc2ccccc2c1. The van der Waals surface area contributed by atoms with E-state index >= 15 is 0 Å². The van der Waals surface area contributed by atoms with Crippen LogP contribution in [0.2, 0.25) is 0 Å². The monoisotopic (exact) mass is 359 g/mol. The maximum Gasteiger partial charge on any atom is 0.258 e. The van der Waals surface area contributed by atoms with E-state index in [2.05, 4.69) is 20.4 Å². The highest BCUT2D eigenvalue weighted by molar-refractivity contribution is 5.96. The summed E-state index contributed by atoms with van der Waals surface area (Å²) in [6, 6.07) is 15.5. The molecule has 27 heavy (non-hydrogen) atoms. The maximum absolute atomic E-state index is 12.5. The molecule has 1 atom stereocenters. The number of hydrogen-bond acceptors (Lipinski definition) is 5. The highest BCUT2D eigenvalue weighted by Gasteiger charge is 2.18. The van der Waals surface area contributed by atoms with E-state index in [0.717, 1.165) is 16.3 Å². The summed E-state index contributed by atoms with van der Waals surface area (Å²) in [5, 5.41) is 19.2. The van der Waals surface area contributed by atoms with E-state index in [4.69, 9.17) is 0 Å². The summed E-state index contributed by atoms with van der Waals surface area (Å²) in [5.41, 5.74) is 0.981. The van der Waals surface area contributed by atoms with Gasteiger partial charge in [0, 0.05) is 18.6 Å². The molecule has 0 aliphatic rings. The van der Waals surface area contributed by atoms with Crippen molar-refractivity contribution in [1.29, 1.82) is 0 Å². The molecule has 0 spiro atoms. The van der Waals surface area contributed by atoms with Crippen molar-refractivity contribution in [2.24, 2.45) is 0 Å². The smallest absolute Gasteiger partial charge is 0.258 e. The van der Waals surface area contributed by atoms with Crippen LogP contribution in [0.4, 0.5) is 0 Å². The molecule has 4 aromatic rings. The molecule has 0 unspecified atom stereocenters. The molecule has 0 saturated carbocycles. The molecule has 2 heterocycles.